The molecule has 0 saturated carbocycles. The van der Waals surface area contributed by atoms with Gasteiger partial charge >= 0.3 is 0 Å². The highest BCUT2D eigenvalue weighted by atomic mass is 32.2. The number of nitrogens with one attached hydrogen (secondary N) is 1. The van der Waals surface area contributed by atoms with Gasteiger partial charge in [-0.1, -0.05) is 13.8 Å². The normalized spacial score (nSPS) is 15.1. The van der Waals surface area contributed by atoms with Crippen LogP contribution in [0.3, 0.4) is 0 Å². The van der Waals surface area contributed by atoms with Gasteiger partial charge in [0.05, 0.1) is 23.8 Å². The number of carbonyl (C=O) groups is 2. The molecule has 150 valence electrons. The fraction of sp³-hybridized carbons (Fsp3) is 0.556. The van der Waals surface area contributed by atoms with Crippen LogP contribution >= 0.6 is 0 Å². The van der Waals surface area contributed by atoms with Gasteiger partial charge in [-0.3, -0.25) is 14.5 Å². The van der Waals surface area contributed by atoms with E-state index in [0.29, 0.717) is 12.3 Å². The topological polar surface area (TPSA) is 96.0 Å². The summed E-state index contributed by atoms with van der Waals surface area (Å²) in [7, 11) is -3.67. The average molecular weight is 397 g/mol. The molecule has 1 saturated heterocycles. The highest BCUT2D eigenvalue weighted by Gasteiger charge is 2.30. The summed E-state index contributed by atoms with van der Waals surface area (Å²) in [5.41, 5.74) is 0.390. The first kappa shape index (κ1) is 21.5. The number of hydrogen-bond acceptors (Lipinski definition) is 6. The van der Waals surface area contributed by atoms with Crippen molar-refractivity contribution in [3.63, 3.8) is 0 Å². The Labute approximate surface area is 160 Å². The Morgan fingerprint density at radius 3 is 2.19 bits per heavy atom. The SMILES string of the molecule is CCN(CC)CCOCCNS(=O)(=O)c1ccc(N2C(=O)CCC2=O)cc1. The van der Waals surface area contributed by atoms with Gasteiger partial charge in [0.15, 0.2) is 0 Å². The molecule has 1 aromatic carbocycles. The lowest BCUT2D eigenvalue weighted by atomic mass is 10.3. The molecule has 0 unspecified atom stereocenters. The van der Waals surface area contributed by atoms with Crippen molar-refractivity contribution in [1.29, 1.82) is 0 Å². The van der Waals surface area contributed by atoms with Crippen LogP contribution in [0.5, 0.6) is 0 Å². The zero-order chi connectivity index (χ0) is 19.9. The van der Waals surface area contributed by atoms with E-state index >= 15 is 0 Å². The van der Waals surface area contributed by atoms with Crippen molar-refractivity contribution in [3.05, 3.63) is 24.3 Å². The first-order valence-electron chi connectivity index (χ1n) is 9.14. The lowest BCUT2D eigenvalue weighted by molar-refractivity contribution is -0.121. The van der Waals surface area contributed by atoms with Crippen molar-refractivity contribution in [2.24, 2.45) is 0 Å². The Morgan fingerprint density at radius 1 is 1.04 bits per heavy atom. The molecule has 1 fully saturated rings. The van der Waals surface area contributed by atoms with Crippen molar-refractivity contribution in [3.8, 4) is 0 Å². The van der Waals surface area contributed by atoms with Crippen LogP contribution in [0.4, 0.5) is 5.69 Å². The Kier molecular flexibility index (Phi) is 7.91. The summed E-state index contributed by atoms with van der Waals surface area (Å²) >= 11 is 0. The van der Waals surface area contributed by atoms with Crippen molar-refractivity contribution in [2.75, 3.05) is 44.3 Å². The highest BCUT2D eigenvalue weighted by Crippen LogP contribution is 2.23. The third kappa shape index (κ3) is 5.83. The Balaban J connectivity index is 1.82. The maximum absolute atomic E-state index is 12.3. The predicted octanol–water partition coefficient (Wildman–Crippen LogP) is 0.977. The third-order valence-corrected chi connectivity index (χ3v) is 5.92. The lowest BCUT2D eigenvalue weighted by Gasteiger charge is -2.17. The second-order valence-electron chi connectivity index (χ2n) is 6.15. The number of likely N-dealkylation sites (N-methyl/N-ethyl adjacent to an activating group) is 1. The van der Waals surface area contributed by atoms with Gasteiger partial charge in [-0.05, 0) is 37.4 Å². The zero-order valence-corrected chi connectivity index (χ0v) is 16.6. The summed E-state index contributed by atoms with van der Waals surface area (Å²) in [6.45, 7) is 7.90. The predicted molar refractivity (Wildman–Crippen MR) is 102 cm³/mol. The molecule has 1 heterocycles. The van der Waals surface area contributed by atoms with Crippen LogP contribution in [0.15, 0.2) is 29.2 Å². The maximum Gasteiger partial charge on any atom is 0.240 e. The molecule has 0 bridgehead atoms. The summed E-state index contributed by atoms with van der Waals surface area (Å²) in [6, 6.07) is 5.71. The van der Waals surface area contributed by atoms with Gasteiger partial charge in [-0.2, -0.15) is 0 Å². The summed E-state index contributed by atoms with van der Waals surface area (Å²) in [5, 5.41) is 0. The average Bonchev–Trinajstić information content (AvgIpc) is 2.99. The van der Waals surface area contributed by atoms with Crippen LogP contribution < -0.4 is 9.62 Å². The number of rotatable bonds is 11. The third-order valence-electron chi connectivity index (χ3n) is 4.44. The summed E-state index contributed by atoms with van der Waals surface area (Å²) in [4.78, 5) is 26.9. The number of sulfonamides is 1. The number of carbonyl (C=O) groups excluding carboxylic acids is 2. The molecule has 1 N–H and O–H groups in total. The van der Waals surface area contributed by atoms with Crippen LogP contribution in [0.1, 0.15) is 26.7 Å². The number of ether oxygens (including phenoxy) is 1. The molecule has 27 heavy (non-hydrogen) atoms. The Hall–Kier alpha value is -1.81. The standard InChI is InChI=1S/C18H27N3O5S/c1-3-20(4-2)12-14-26-13-11-19-27(24,25)16-7-5-15(6-8-16)21-17(22)9-10-18(21)23/h5-8,19H,3-4,9-14H2,1-2H3. The molecule has 8 nitrogen and oxygen atoms in total. The molecule has 0 aliphatic carbocycles. The summed E-state index contributed by atoms with van der Waals surface area (Å²) in [5.74, 6) is -0.536. The largest absolute Gasteiger partial charge is 0.379 e. The second-order valence-corrected chi connectivity index (χ2v) is 7.92. The van der Waals surface area contributed by atoms with Gasteiger partial charge in [0, 0.05) is 25.9 Å². The smallest absolute Gasteiger partial charge is 0.240 e. The minimum Gasteiger partial charge on any atom is -0.379 e. The van der Waals surface area contributed by atoms with Gasteiger partial charge < -0.3 is 9.64 Å². The molecule has 1 aromatic rings. The van der Waals surface area contributed by atoms with Crippen molar-refractivity contribution in [1.82, 2.24) is 9.62 Å². The molecule has 0 spiro atoms. The highest BCUT2D eigenvalue weighted by molar-refractivity contribution is 7.89. The van der Waals surface area contributed by atoms with Gasteiger partial charge in [0.1, 0.15) is 0 Å². The summed E-state index contributed by atoms with van der Waals surface area (Å²) < 4.78 is 32.6. The summed E-state index contributed by atoms with van der Waals surface area (Å²) in [6.07, 6.45) is 0.378. The van der Waals surface area contributed by atoms with E-state index in [1.807, 2.05) is 0 Å². The van der Waals surface area contributed by atoms with Crippen LogP contribution in [0.2, 0.25) is 0 Å². The van der Waals surface area contributed by atoms with Gasteiger partial charge in [0.2, 0.25) is 21.8 Å². The fourth-order valence-electron chi connectivity index (χ4n) is 2.81. The van der Waals surface area contributed by atoms with Crippen molar-refractivity contribution < 1.29 is 22.7 Å². The van der Waals surface area contributed by atoms with Gasteiger partial charge in [-0.15, -0.1) is 0 Å². The van der Waals surface area contributed by atoms with E-state index in [-0.39, 0.29) is 42.7 Å². The number of anilines is 1. The van der Waals surface area contributed by atoms with E-state index in [9.17, 15) is 18.0 Å². The van der Waals surface area contributed by atoms with E-state index in [4.69, 9.17) is 4.74 Å². The number of benzene rings is 1. The molecular weight excluding hydrogens is 370 g/mol. The quantitative estimate of drug-likeness (QED) is 0.442. The number of amides is 2. The molecule has 0 radical (unpaired) electrons. The molecule has 0 aromatic heterocycles. The van der Waals surface area contributed by atoms with E-state index in [2.05, 4.69) is 23.5 Å². The minimum atomic E-state index is -3.67. The number of hydrogen-bond donors (Lipinski definition) is 1. The molecule has 2 amide bonds. The van der Waals surface area contributed by atoms with E-state index in [1.54, 1.807) is 0 Å². The van der Waals surface area contributed by atoms with Crippen LogP contribution in [-0.2, 0) is 24.3 Å². The maximum atomic E-state index is 12.3. The van der Waals surface area contributed by atoms with E-state index in [1.165, 1.54) is 24.3 Å². The molecule has 0 atom stereocenters. The van der Waals surface area contributed by atoms with Crippen molar-refractivity contribution in [2.45, 2.75) is 31.6 Å². The lowest BCUT2D eigenvalue weighted by Crippen LogP contribution is -2.30. The second kappa shape index (κ2) is 9.93. The monoisotopic (exact) mass is 397 g/mol. The molecular formula is C18H27N3O5S. The van der Waals surface area contributed by atoms with E-state index in [0.717, 1.165) is 24.5 Å². The van der Waals surface area contributed by atoms with Crippen LogP contribution in [0.25, 0.3) is 0 Å². The van der Waals surface area contributed by atoms with Gasteiger partial charge in [-0.25, -0.2) is 13.1 Å². The first-order chi connectivity index (χ1) is 12.9. The van der Waals surface area contributed by atoms with Crippen LogP contribution in [-0.4, -0.2) is 64.5 Å². The molecule has 1 aliphatic rings. The molecule has 2 rings (SSSR count). The van der Waals surface area contributed by atoms with Gasteiger partial charge in [0.25, 0.3) is 0 Å². The zero-order valence-electron chi connectivity index (χ0n) is 15.8. The first-order valence-corrected chi connectivity index (χ1v) is 10.6. The Morgan fingerprint density at radius 2 is 1.63 bits per heavy atom. The fourth-order valence-corrected chi connectivity index (χ4v) is 3.82. The number of imide groups is 1. The van der Waals surface area contributed by atoms with Crippen molar-refractivity contribution >= 4 is 27.5 Å². The number of nitrogens with zero attached hydrogens (tertiary/aromatic N) is 2. The Bertz CT molecular complexity index is 729. The molecule has 9 heteroatoms. The van der Waals surface area contributed by atoms with Crippen LogP contribution in [0, 0.1) is 0 Å². The van der Waals surface area contributed by atoms with E-state index < -0.39 is 10.0 Å². The minimum absolute atomic E-state index is 0.0773. The molecule has 1 aliphatic heterocycles.